The SMILES string of the molecule is O=c1c2ccccc2sn1-c1ccc(F)cc1F. The Kier molecular flexibility index (Phi) is 2.48. The molecule has 0 bridgehead atoms. The van der Waals surface area contributed by atoms with E-state index in [1.165, 1.54) is 10.0 Å². The van der Waals surface area contributed by atoms with Crippen molar-refractivity contribution in [3.8, 4) is 5.69 Å². The van der Waals surface area contributed by atoms with Crippen molar-refractivity contribution in [2.75, 3.05) is 0 Å². The Bertz CT molecular complexity index is 791. The van der Waals surface area contributed by atoms with Gasteiger partial charge < -0.3 is 0 Å². The van der Waals surface area contributed by atoms with Crippen LogP contribution in [0.15, 0.2) is 47.3 Å². The third-order valence-corrected chi connectivity index (χ3v) is 3.72. The number of halogens is 2. The van der Waals surface area contributed by atoms with Crippen LogP contribution in [0, 0.1) is 11.6 Å². The van der Waals surface area contributed by atoms with Gasteiger partial charge in [0.25, 0.3) is 5.56 Å². The summed E-state index contributed by atoms with van der Waals surface area (Å²) in [5, 5.41) is 0.534. The zero-order chi connectivity index (χ0) is 12.7. The van der Waals surface area contributed by atoms with Crippen molar-refractivity contribution in [1.82, 2.24) is 3.96 Å². The van der Waals surface area contributed by atoms with Crippen LogP contribution in [0.2, 0.25) is 0 Å². The summed E-state index contributed by atoms with van der Waals surface area (Å²) >= 11 is 1.14. The third-order valence-electron chi connectivity index (χ3n) is 2.62. The number of fused-ring (bicyclic) bond motifs is 1. The van der Waals surface area contributed by atoms with Gasteiger partial charge in [-0.05, 0) is 24.3 Å². The van der Waals surface area contributed by atoms with Crippen LogP contribution in [-0.2, 0) is 0 Å². The summed E-state index contributed by atoms with van der Waals surface area (Å²) in [6.07, 6.45) is 0. The molecule has 0 aliphatic carbocycles. The van der Waals surface area contributed by atoms with E-state index in [1.54, 1.807) is 18.2 Å². The molecule has 3 rings (SSSR count). The van der Waals surface area contributed by atoms with Gasteiger partial charge >= 0.3 is 0 Å². The summed E-state index contributed by atoms with van der Waals surface area (Å²) in [7, 11) is 0. The maximum Gasteiger partial charge on any atom is 0.273 e. The van der Waals surface area contributed by atoms with Crippen LogP contribution in [0.4, 0.5) is 8.78 Å². The lowest BCUT2D eigenvalue weighted by Gasteiger charge is -2.01. The van der Waals surface area contributed by atoms with Crippen LogP contribution in [0.3, 0.4) is 0 Å². The number of benzene rings is 2. The third kappa shape index (κ3) is 1.64. The zero-order valence-electron chi connectivity index (χ0n) is 9.06. The van der Waals surface area contributed by atoms with Gasteiger partial charge in [0.05, 0.1) is 15.8 Å². The molecule has 5 heteroatoms. The molecule has 0 saturated heterocycles. The molecule has 0 amide bonds. The summed E-state index contributed by atoms with van der Waals surface area (Å²) in [4.78, 5) is 12.1. The molecule has 0 N–H and O–H groups in total. The molecule has 0 aliphatic heterocycles. The highest BCUT2D eigenvalue weighted by Crippen LogP contribution is 2.21. The maximum atomic E-state index is 13.7. The molecule has 0 fully saturated rings. The molecular formula is C13H7F2NOS. The Morgan fingerprint density at radius 3 is 2.56 bits per heavy atom. The molecular weight excluding hydrogens is 256 g/mol. The molecule has 18 heavy (non-hydrogen) atoms. The normalized spacial score (nSPS) is 11.0. The van der Waals surface area contributed by atoms with Crippen LogP contribution in [0.25, 0.3) is 15.8 Å². The van der Waals surface area contributed by atoms with Gasteiger partial charge in [-0.1, -0.05) is 23.7 Å². The largest absolute Gasteiger partial charge is 0.273 e. The molecule has 2 aromatic carbocycles. The highest BCUT2D eigenvalue weighted by Gasteiger charge is 2.12. The number of hydrogen-bond donors (Lipinski definition) is 0. The van der Waals surface area contributed by atoms with E-state index in [9.17, 15) is 13.6 Å². The van der Waals surface area contributed by atoms with Gasteiger partial charge in [0.15, 0.2) is 5.82 Å². The fourth-order valence-corrected chi connectivity index (χ4v) is 2.79. The Morgan fingerprint density at radius 2 is 1.83 bits per heavy atom. The van der Waals surface area contributed by atoms with Crippen molar-refractivity contribution in [2.24, 2.45) is 0 Å². The Morgan fingerprint density at radius 1 is 1.06 bits per heavy atom. The average Bonchev–Trinajstić information content (AvgIpc) is 2.68. The minimum Gasteiger partial charge on any atom is -0.267 e. The molecule has 0 radical (unpaired) electrons. The minimum absolute atomic E-state index is 0.0719. The summed E-state index contributed by atoms with van der Waals surface area (Å²) < 4.78 is 28.5. The van der Waals surface area contributed by atoms with E-state index in [1.807, 2.05) is 6.07 Å². The molecule has 2 nitrogen and oxygen atoms in total. The molecule has 0 saturated carbocycles. The van der Waals surface area contributed by atoms with Gasteiger partial charge in [0.1, 0.15) is 5.82 Å². The van der Waals surface area contributed by atoms with E-state index in [-0.39, 0.29) is 11.2 Å². The van der Waals surface area contributed by atoms with E-state index in [4.69, 9.17) is 0 Å². The fraction of sp³-hybridized carbons (Fsp3) is 0. The fourth-order valence-electron chi connectivity index (χ4n) is 1.78. The predicted molar refractivity (Wildman–Crippen MR) is 67.3 cm³/mol. The first kappa shape index (κ1) is 11.1. The first-order valence-corrected chi connectivity index (χ1v) is 6.00. The lowest BCUT2D eigenvalue weighted by atomic mass is 10.2. The van der Waals surface area contributed by atoms with Gasteiger partial charge in [0.2, 0.25) is 0 Å². The molecule has 90 valence electrons. The smallest absolute Gasteiger partial charge is 0.267 e. The van der Waals surface area contributed by atoms with Crippen LogP contribution in [-0.4, -0.2) is 3.96 Å². The van der Waals surface area contributed by atoms with E-state index < -0.39 is 11.6 Å². The quantitative estimate of drug-likeness (QED) is 0.660. The molecule has 0 spiro atoms. The topological polar surface area (TPSA) is 22.0 Å². The predicted octanol–water partition coefficient (Wildman–Crippen LogP) is 3.33. The molecule has 0 atom stereocenters. The van der Waals surface area contributed by atoms with Crippen LogP contribution in [0.5, 0.6) is 0 Å². The molecule has 0 aliphatic rings. The van der Waals surface area contributed by atoms with Crippen molar-refractivity contribution in [3.05, 3.63) is 64.5 Å². The van der Waals surface area contributed by atoms with Crippen LogP contribution >= 0.6 is 11.5 Å². The highest BCUT2D eigenvalue weighted by atomic mass is 32.1. The lowest BCUT2D eigenvalue weighted by molar-refractivity contribution is 0.579. The first-order valence-electron chi connectivity index (χ1n) is 5.23. The summed E-state index contributed by atoms with van der Waals surface area (Å²) in [5.41, 5.74) is -0.219. The Balaban J connectivity index is 2.32. The van der Waals surface area contributed by atoms with Gasteiger partial charge in [-0.2, -0.15) is 0 Å². The highest BCUT2D eigenvalue weighted by molar-refractivity contribution is 7.14. The van der Waals surface area contributed by atoms with Gasteiger partial charge in [-0.25, -0.2) is 12.7 Å². The van der Waals surface area contributed by atoms with Crippen molar-refractivity contribution in [2.45, 2.75) is 0 Å². The summed E-state index contributed by atoms with van der Waals surface area (Å²) in [6.45, 7) is 0. The number of rotatable bonds is 1. The van der Waals surface area contributed by atoms with Gasteiger partial charge in [-0.3, -0.25) is 4.79 Å². The van der Waals surface area contributed by atoms with Crippen LogP contribution in [0.1, 0.15) is 0 Å². The van der Waals surface area contributed by atoms with Crippen LogP contribution < -0.4 is 5.56 Å². The van der Waals surface area contributed by atoms with Crippen molar-refractivity contribution in [3.63, 3.8) is 0 Å². The average molecular weight is 263 g/mol. The van der Waals surface area contributed by atoms with Gasteiger partial charge in [0, 0.05) is 6.07 Å². The standard InChI is InChI=1S/C13H7F2NOS/c14-8-5-6-11(10(15)7-8)16-13(17)9-3-1-2-4-12(9)18-16/h1-7H. The van der Waals surface area contributed by atoms with E-state index in [0.29, 0.717) is 5.39 Å². The minimum atomic E-state index is -0.747. The first-order chi connectivity index (χ1) is 8.66. The molecule has 0 unspecified atom stereocenters. The number of aromatic nitrogens is 1. The van der Waals surface area contributed by atoms with E-state index in [2.05, 4.69) is 0 Å². The zero-order valence-corrected chi connectivity index (χ0v) is 9.88. The molecule has 1 aromatic heterocycles. The monoisotopic (exact) mass is 263 g/mol. The second kappa shape index (κ2) is 4.03. The van der Waals surface area contributed by atoms with Crippen molar-refractivity contribution in [1.29, 1.82) is 0 Å². The summed E-state index contributed by atoms with van der Waals surface area (Å²) in [5.74, 6) is -1.41. The second-order valence-electron chi connectivity index (χ2n) is 3.78. The Labute approximate surface area is 105 Å². The number of hydrogen-bond acceptors (Lipinski definition) is 2. The molecule has 1 heterocycles. The van der Waals surface area contributed by atoms with Crippen molar-refractivity contribution < 1.29 is 8.78 Å². The van der Waals surface area contributed by atoms with E-state index >= 15 is 0 Å². The lowest BCUT2D eigenvalue weighted by Crippen LogP contribution is -2.12. The maximum absolute atomic E-state index is 13.7. The molecule has 3 aromatic rings. The van der Waals surface area contributed by atoms with Gasteiger partial charge in [-0.15, -0.1) is 0 Å². The van der Waals surface area contributed by atoms with Crippen molar-refractivity contribution >= 4 is 21.6 Å². The van der Waals surface area contributed by atoms with E-state index in [0.717, 1.165) is 28.4 Å². The summed E-state index contributed by atoms with van der Waals surface area (Å²) in [6, 6.07) is 10.2. The second-order valence-corrected chi connectivity index (χ2v) is 4.77. The Hall–Kier alpha value is -2.01. The number of nitrogens with zero attached hydrogens (tertiary/aromatic N) is 1.